The molecule has 3 aliphatic rings. The van der Waals surface area contributed by atoms with E-state index >= 15 is 0 Å². The maximum absolute atomic E-state index is 14.9. The zero-order chi connectivity index (χ0) is 29.4. The van der Waals surface area contributed by atoms with Gasteiger partial charge in [-0.3, -0.25) is 4.79 Å². The normalized spacial score (nSPS) is 21.5. The van der Waals surface area contributed by atoms with Crippen LogP contribution in [0.3, 0.4) is 0 Å². The van der Waals surface area contributed by atoms with Crippen molar-refractivity contribution in [1.29, 1.82) is 0 Å². The number of aryl methyl sites for hydroxylation is 1. The molecule has 1 amide bonds. The highest BCUT2D eigenvalue weighted by Crippen LogP contribution is 2.38. The van der Waals surface area contributed by atoms with E-state index in [1.165, 1.54) is 12.8 Å². The van der Waals surface area contributed by atoms with Crippen molar-refractivity contribution in [2.45, 2.75) is 95.7 Å². The number of pyridine rings is 1. The van der Waals surface area contributed by atoms with Gasteiger partial charge in [0.15, 0.2) is 27.0 Å². The number of sulfone groups is 1. The minimum absolute atomic E-state index is 0.0328. The molecule has 0 N–H and O–H groups in total. The first-order chi connectivity index (χ1) is 20.3. The second kappa shape index (κ2) is 11.9. The van der Waals surface area contributed by atoms with Crippen LogP contribution >= 0.6 is 0 Å². The fourth-order valence-electron chi connectivity index (χ4n) is 7.34. The molecule has 3 aromatic rings. The van der Waals surface area contributed by atoms with Crippen LogP contribution in [0.15, 0.2) is 24.3 Å². The van der Waals surface area contributed by atoms with Gasteiger partial charge in [-0.25, -0.2) is 18.1 Å². The fraction of sp³-hybridized carbons (Fsp3) is 0.594. The van der Waals surface area contributed by atoms with Crippen LogP contribution in [0.1, 0.15) is 92.7 Å². The van der Waals surface area contributed by atoms with E-state index < -0.39 is 9.84 Å². The number of ether oxygens (including phenoxy) is 2. The van der Waals surface area contributed by atoms with Crippen molar-refractivity contribution in [2.75, 3.05) is 25.7 Å². The molecule has 1 saturated heterocycles. The van der Waals surface area contributed by atoms with Crippen molar-refractivity contribution < 1.29 is 22.7 Å². The second-order valence-electron chi connectivity index (χ2n) is 12.2. The standard InChI is InChI=1S/C32H42N4O5S/c1-21-30-26(32(37)35(23-10-6-4-7-11-23)24-12-8-5-9-13-24)19-27(22-14-15-28(40-2)29(18-22)41-3)33-31(30)36(34-21)25-16-17-42(38,39)20-25/h14-15,18-19,23-25H,4-13,16-17,20H2,1-3H3. The monoisotopic (exact) mass is 594 g/mol. The molecular weight excluding hydrogens is 552 g/mol. The summed E-state index contributed by atoms with van der Waals surface area (Å²) in [7, 11) is 0.0484. The summed E-state index contributed by atoms with van der Waals surface area (Å²) in [6.45, 7) is 1.91. The highest BCUT2D eigenvalue weighted by atomic mass is 32.2. The van der Waals surface area contributed by atoms with Crippen molar-refractivity contribution in [3.8, 4) is 22.8 Å². The van der Waals surface area contributed by atoms with E-state index in [4.69, 9.17) is 19.6 Å². The number of carbonyl (C=O) groups excluding carboxylic acids is 1. The number of nitrogens with zero attached hydrogens (tertiary/aromatic N) is 4. The highest BCUT2D eigenvalue weighted by Gasteiger charge is 2.36. The van der Waals surface area contributed by atoms with Gasteiger partial charge in [-0.15, -0.1) is 0 Å². The number of aromatic nitrogens is 3. The summed E-state index contributed by atoms with van der Waals surface area (Å²) < 4.78 is 37.7. The molecule has 1 aliphatic heterocycles. The maximum Gasteiger partial charge on any atom is 0.255 e. The van der Waals surface area contributed by atoms with Crippen LogP contribution in [0.5, 0.6) is 11.5 Å². The third-order valence-electron chi connectivity index (χ3n) is 9.47. The molecule has 226 valence electrons. The van der Waals surface area contributed by atoms with Gasteiger partial charge < -0.3 is 14.4 Å². The smallest absolute Gasteiger partial charge is 0.255 e. The van der Waals surface area contributed by atoms with Gasteiger partial charge in [0.25, 0.3) is 5.91 Å². The lowest BCUT2D eigenvalue weighted by molar-refractivity contribution is 0.0450. The molecule has 0 bridgehead atoms. The Morgan fingerprint density at radius 1 is 0.905 bits per heavy atom. The molecule has 2 aliphatic carbocycles. The maximum atomic E-state index is 14.9. The van der Waals surface area contributed by atoms with Crippen molar-refractivity contribution in [2.24, 2.45) is 0 Å². The molecule has 2 aromatic heterocycles. The molecule has 6 rings (SSSR count). The predicted molar refractivity (Wildman–Crippen MR) is 163 cm³/mol. The van der Waals surface area contributed by atoms with Gasteiger partial charge >= 0.3 is 0 Å². The minimum atomic E-state index is -3.15. The molecule has 2 saturated carbocycles. The lowest BCUT2D eigenvalue weighted by atomic mass is 9.87. The number of rotatable bonds is 7. The number of carbonyl (C=O) groups is 1. The largest absolute Gasteiger partial charge is 0.493 e. The highest BCUT2D eigenvalue weighted by molar-refractivity contribution is 7.91. The van der Waals surface area contributed by atoms with Crippen LogP contribution in [0, 0.1) is 6.92 Å². The zero-order valence-corrected chi connectivity index (χ0v) is 25.8. The van der Waals surface area contributed by atoms with Crippen LogP contribution in [0.2, 0.25) is 0 Å². The van der Waals surface area contributed by atoms with Gasteiger partial charge in [0.1, 0.15) is 0 Å². The van der Waals surface area contributed by atoms with E-state index in [0.717, 1.165) is 62.3 Å². The molecular formula is C32H42N4O5S. The molecule has 3 heterocycles. The van der Waals surface area contributed by atoms with Gasteiger partial charge in [-0.2, -0.15) is 5.10 Å². The van der Waals surface area contributed by atoms with Crippen molar-refractivity contribution in [3.63, 3.8) is 0 Å². The Hall–Kier alpha value is -3.14. The lowest BCUT2D eigenvalue weighted by Gasteiger charge is -2.42. The summed E-state index contributed by atoms with van der Waals surface area (Å²) in [5, 5.41) is 5.56. The molecule has 0 spiro atoms. The van der Waals surface area contributed by atoms with Gasteiger partial charge in [0.05, 0.1) is 54.1 Å². The topological polar surface area (TPSA) is 104 Å². The molecule has 9 nitrogen and oxygen atoms in total. The number of fused-ring (bicyclic) bond motifs is 1. The summed E-state index contributed by atoms with van der Waals surface area (Å²) in [4.78, 5) is 22.2. The number of hydrogen-bond donors (Lipinski definition) is 0. The molecule has 1 unspecified atom stereocenters. The van der Waals surface area contributed by atoms with Gasteiger partial charge in [-0.1, -0.05) is 38.5 Å². The van der Waals surface area contributed by atoms with E-state index in [1.54, 1.807) is 18.9 Å². The first-order valence-electron chi connectivity index (χ1n) is 15.4. The average molecular weight is 595 g/mol. The molecule has 3 fully saturated rings. The summed E-state index contributed by atoms with van der Waals surface area (Å²) in [5.41, 5.74) is 3.29. The molecule has 1 aromatic carbocycles. The molecule has 0 radical (unpaired) electrons. The van der Waals surface area contributed by atoms with E-state index in [0.29, 0.717) is 40.5 Å². The van der Waals surface area contributed by atoms with Gasteiger partial charge in [0, 0.05) is 17.6 Å². The minimum Gasteiger partial charge on any atom is -0.493 e. The number of benzene rings is 1. The Morgan fingerprint density at radius 2 is 1.55 bits per heavy atom. The van der Waals surface area contributed by atoms with Gasteiger partial charge in [-0.05, 0) is 63.3 Å². The average Bonchev–Trinajstić information content (AvgIpc) is 3.55. The summed E-state index contributed by atoms with van der Waals surface area (Å²) in [5.74, 6) is 1.39. The third kappa shape index (κ3) is 5.50. The van der Waals surface area contributed by atoms with Gasteiger partial charge in [0.2, 0.25) is 0 Å². The van der Waals surface area contributed by atoms with Crippen molar-refractivity contribution in [1.82, 2.24) is 19.7 Å². The quantitative estimate of drug-likeness (QED) is 0.336. The van der Waals surface area contributed by atoms with Crippen LogP contribution in [-0.4, -0.2) is 71.8 Å². The van der Waals surface area contributed by atoms with E-state index in [-0.39, 0.29) is 35.5 Å². The van der Waals surface area contributed by atoms with Crippen molar-refractivity contribution >= 4 is 26.8 Å². The number of methoxy groups -OCH3 is 2. The predicted octanol–water partition coefficient (Wildman–Crippen LogP) is 5.89. The fourth-order valence-corrected chi connectivity index (χ4v) is 9.03. The zero-order valence-electron chi connectivity index (χ0n) is 25.0. The van der Waals surface area contributed by atoms with E-state index in [1.807, 2.05) is 31.2 Å². The number of hydrogen-bond acceptors (Lipinski definition) is 7. The third-order valence-corrected chi connectivity index (χ3v) is 11.2. The summed E-state index contributed by atoms with van der Waals surface area (Å²) in [6, 6.07) is 7.69. The first kappa shape index (κ1) is 29.0. The lowest BCUT2D eigenvalue weighted by Crippen LogP contribution is -2.48. The van der Waals surface area contributed by atoms with Crippen LogP contribution in [0.4, 0.5) is 0 Å². The molecule has 10 heteroatoms. The Labute approximate surface area is 248 Å². The van der Waals surface area contributed by atoms with E-state index in [2.05, 4.69) is 4.90 Å². The SMILES string of the molecule is COc1ccc(-c2cc(C(=O)N(C3CCCCC3)C3CCCCC3)c3c(C)nn(C4CCS(=O)(=O)C4)c3n2)cc1OC. The summed E-state index contributed by atoms with van der Waals surface area (Å²) >= 11 is 0. The second-order valence-corrected chi connectivity index (χ2v) is 14.4. The Balaban J connectivity index is 1.53. The Bertz CT molecular complexity index is 1550. The van der Waals surface area contributed by atoms with E-state index in [9.17, 15) is 13.2 Å². The van der Waals surface area contributed by atoms with Crippen LogP contribution in [0.25, 0.3) is 22.3 Å². The van der Waals surface area contributed by atoms with Crippen molar-refractivity contribution in [3.05, 3.63) is 35.5 Å². The first-order valence-corrected chi connectivity index (χ1v) is 17.3. The molecule has 1 atom stereocenters. The van der Waals surface area contributed by atoms with Crippen LogP contribution < -0.4 is 9.47 Å². The Kier molecular flexibility index (Phi) is 8.18. The van der Waals surface area contributed by atoms with Crippen LogP contribution in [-0.2, 0) is 9.84 Å². The summed E-state index contributed by atoms with van der Waals surface area (Å²) in [6.07, 6.45) is 11.7. The Morgan fingerprint density at radius 3 is 2.12 bits per heavy atom. The number of amides is 1. The molecule has 42 heavy (non-hydrogen) atoms.